The van der Waals surface area contributed by atoms with Crippen molar-refractivity contribution in [1.82, 2.24) is 5.32 Å². The standard InChI is InChI=1S/C22H19F3N2O4/c1-14(20(28)26-13-17-8-5-11-30-17)31-21(29)18-9-2-3-10-19(18)27-16-7-4-6-15(12-16)22(23,24)25/h2-12,14,27H,13H2,1H3,(H,26,28). The number of benzene rings is 2. The predicted molar refractivity (Wildman–Crippen MR) is 107 cm³/mol. The Bertz CT molecular complexity index is 1050. The summed E-state index contributed by atoms with van der Waals surface area (Å²) < 4.78 is 49.2. The van der Waals surface area contributed by atoms with E-state index in [1.165, 1.54) is 37.5 Å². The first-order valence-electron chi connectivity index (χ1n) is 9.28. The molecule has 0 aliphatic rings. The van der Waals surface area contributed by atoms with Gasteiger partial charge in [-0.15, -0.1) is 0 Å². The van der Waals surface area contributed by atoms with E-state index in [1.54, 1.807) is 24.3 Å². The molecule has 6 nitrogen and oxygen atoms in total. The zero-order chi connectivity index (χ0) is 22.4. The smallest absolute Gasteiger partial charge is 0.416 e. The Hall–Kier alpha value is -3.75. The molecule has 31 heavy (non-hydrogen) atoms. The van der Waals surface area contributed by atoms with Gasteiger partial charge in [0.1, 0.15) is 5.76 Å². The van der Waals surface area contributed by atoms with Crippen LogP contribution in [0.3, 0.4) is 0 Å². The highest BCUT2D eigenvalue weighted by Gasteiger charge is 2.30. The number of amides is 1. The third kappa shape index (κ3) is 5.88. The van der Waals surface area contributed by atoms with Crippen LogP contribution in [0.15, 0.2) is 71.3 Å². The van der Waals surface area contributed by atoms with Crippen LogP contribution in [-0.2, 0) is 22.3 Å². The number of esters is 1. The van der Waals surface area contributed by atoms with Crippen LogP contribution < -0.4 is 10.6 Å². The minimum atomic E-state index is -4.49. The monoisotopic (exact) mass is 432 g/mol. The molecule has 0 fully saturated rings. The van der Waals surface area contributed by atoms with Crippen molar-refractivity contribution in [2.45, 2.75) is 25.7 Å². The lowest BCUT2D eigenvalue weighted by Gasteiger charge is -2.16. The Morgan fingerprint density at radius 1 is 1.06 bits per heavy atom. The first-order chi connectivity index (χ1) is 14.7. The number of furan rings is 1. The molecule has 0 saturated heterocycles. The number of ether oxygens (including phenoxy) is 1. The molecule has 2 N–H and O–H groups in total. The topological polar surface area (TPSA) is 80.6 Å². The number of hydrogen-bond donors (Lipinski definition) is 2. The maximum Gasteiger partial charge on any atom is 0.416 e. The lowest BCUT2D eigenvalue weighted by Crippen LogP contribution is -2.35. The van der Waals surface area contributed by atoms with Gasteiger partial charge in [-0.25, -0.2) is 4.79 Å². The van der Waals surface area contributed by atoms with Gasteiger partial charge in [-0.3, -0.25) is 4.79 Å². The number of para-hydroxylation sites is 1. The van der Waals surface area contributed by atoms with E-state index < -0.39 is 29.7 Å². The van der Waals surface area contributed by atoms with Crippen LogP contribution in [-0.4, -0.2) is 18.0 Å². The molecule has 0 spiro atoms. The first kappa shape index (κ1) is 21.9. The van der Waals surface area contributed by atoms with Crippen LogP contribution in [0.25, 0.3) is 0 Å². The van der Waals surface area contributed by atoms with Crippen molar-refractivity contribution in [2.24, 2.45) is 0 Å². The number of alkyl halides is 3. The molecule has 3 rings (SSSR count). The van der Waals surface area contributed by atoms with Crippen molar-refractivity contribution in [1.29, 1.82) is 0 Å². The summed E-state index contributed by atoms with van der Waals surface area (Å²) in [4.78, 5) is 24.7. The molecular weight excluding hydrogens is 413 g/mol. The fraction of sp³-hybridized carbons (Fsp3) is 0.182. The van der Waals surface area contributed by atoms with Crippen LogP contribution in [0.5, 0.6) is 0 Å². The van der Waals surface area contributed by atoms with E-state index in [4.69, 9.17) is 9.15 Å². The van der Waals surface area contributed by atoms with Gasteiger partial charge in [0.05, 0.1) is 29.6 Å². The molecule has 3 aromatic rings. The average molecular weight is 432 g/mol. The van der Waals surface area contributed by atoms with Gasteiger partial charge in [0, 0.05) is 5.69 Å². The van der Waals surface area contributed by atoms with Crippen LogP contribution in [0, 0.1) is 0 Å². The second-order valence-electron chi connectivity index (χ2n) is 6.59. The molecule has 162 valence electrons. The van der Waals surface area contributed by atoms with Crippen molar-refractivity contribution in [3.05, 3.63) is 83.8 Å². The summed E-state index contributed by atoms with van der Waals surface area (Å²) in [7, 11) is 0. The van der Waals surface area contributed by atoms with Crippen molar-refractivity contribution < 1.29 is 31.9 Å². The van der Waals surface area contributed by atoms with Crippen LogP contribution in [0.1, 0.15) is 28.6 Å². The Morgan fingerprint density at radius 2 is 1.84 bits per heavy atom. The largest absolute Gasteiger partial charge is 0.467 e. The van der Waals surface area contributed by atoms with Crippen LogP contribution >= 0.6 is 0 Å². The van der Waals surface area contributed by atoms with E-state index in [0.29, 0.717) is 5.76 Å². The minimum absolute atomic E-state index is 0.0746. The molecular formula is C22H19F3N2O4. The van der Waals surface area contributed by atoms with Crippen molar-refractivity contribution in [2.75, 3.05) is 5.32 Å². The van der Waals surface area contributed by atoms with Gasteiger partial charge < -0.3 is 19.8 Å². The normalized spacial score (nSPS) is 12.1. The quantitative estimate of drug-likeness (QED) is 0.519. The number of nitrogens with one attached hydrogen (secondary N) is 2. The molecule has 0 bridgehead atoms. The van der Waals surface area contributed by atoms with Crippen LogP contribution in [0.2, 0.25) is 0 Å². The lowest BCUT2D eigenvalue weighted by atomic mass is 10.1. The minimum Gasteiger partial charge on any atom is -0.467 e. The van der Waals surface area contributed by atoms with Crippen molar-refractivity contribution in [3.63, 3.8) is 0 Å². The van der Waals surface area contributed by atoms with E-state index in [2.05, 4.69) is 10.6 Å². The Labute approximate surface area is 176 Å². The van der Waals surface area contributed by atoms with Crippen molar-refractivity contribution in [3.8, 4) is 0 Å². The van der Waals surface area contributed by atoms with Crippen molar-refractivity contribution >= 4 is 23.3 Å². The van der Waals surface area contributed by atoms with Crippen LogP contribution in [0.4, 0.5) is 24.5 Å². The number of carbonyl (C=O) groups excluding carboxylic acids is 2. The first-order valence-corrected chi connectivity index (χ1v) is 9.28. The second-order valence-corrected chi connectivity index (χ2v) is 6.59. The second kappa shape index (κ2) is 9.38. The molecule has 0 saturated carbocycles. The fourth-order valence-electron chi connectivity index (χ4n) is 2.71. The van der Waals surface area contributed by atoms with E-state index in [-0.39, 0.29) is 23.5 Å². The van der Waals surface area contributed by atoms with Gasteiger partial charge in [0.15, 0.2) is 6.10 Å². The molecule has 0 aliphatic carbocycles. The molecule has 9 heteroatoms. The average Bonchev–Trinajstić information content (AvgIpc) is 3.25. The molecule has 1 aromatic heterocycles. The van der Waals surface area contributed by atoms with Gasteiger partial charge in [0.2, 0.25) is 0 Å². The van der Waals surface area contributed by atoms with E-state index in [0.717, 1.165) is 12.1 Å². The summed E-state index contributed by atoms with van der Waals surface area (Å²) in [6.45, 7) is 1.56. The summed E-state index contributed by atoms with van der Waals surface area (Å²) in [5, 5.41) is 5.38. The predicted octanol–water partition coefficient (Wildman–Crippen LogP) is 4.90. The number of rotatable bonds is 7. The fourth-order valence-corrected chi connectivity index (χ4v) is 2.71. The summed E-state index contributed by atoms with van der Waals surface area (Å²) >= 11 is 0. The van der Waals surface area contributed by atoms with Gasteiger partial charge in [0.25, 0.3) is 5.91 Å². The maximum atomic E-state index is 12.9. The third-order valence-corrected chi connectivity index (χ3v) is 4.29. The van der Waals surface area contributed by atoms with E-state index in [9.17, 15) is 22.8 Å². The zero-order valence-electron chi connectivity index (χ0n) is 16.4. The number of anilines is 2. The van der Waals surface area contributed by atoms with E-state index in [1.807, 2.05) is 0 Å². The third-order valence-electron chi connectivity index (χ3n) is 4.29. The van der Waals surface area contributed by atoms with Gasteiger partial charge >= 0.3 is 12.1 Å². The molecule has 2 aromatic carbocycles. The highest BCUT2D eigenvalue weighted by molar-refractivity contribution is 5.98. The summed E-state index contributed by atoms with van der Waals surface area (Å²) in [5.74, 6) is -0.772. The van der Waals surface area contributed by atoms with Gasteiger partial charge in [-0.2, -0.15) is 13.2 Å². The van der Waals surface area contributed by atoms with Gasteiger partial charge in [-0.1, -0.05) is 18.2 Å². The Balaban J connectivity index is 1.68. The summed E-state index contributed by atoms with van der Waals surface area (Å²) in [5.41, 5.74) is -0.348. The molecule has 1 unspecified atom stereocenters. The SMILES string of the molecule is CC(OC(=O)c1ccccc1Nc1cccc(C(F)(F)F)c1)C(=O)NCc1ccco1. The summed E-state index contributed by atoms with van der Waals surface area (Å²) in [6.07, 6.45) is -4.11. The summed E-state index contributed by atoms with van der Waals surface area (Å²) in [6, 6.07) is 14.1. The molecule has 0 aliphatic heterocycles. The number of halogens is 3. The molecule has 1 heterocycles. The Kier molecular flexibility index (Phi) is 6.64. The maximum absolute atomic E-state index is 12.9. The number of hydrogen-bond acceptors (Lipinski definition) is 5. The molecule has 1 amide bonds. The highest BCUT2D eigenvalue weighted by Crippen LogP contribution is 2.32. The zero-order valence-corrected chi connectivity index (χ0v) is 16.4. The Morgan fingerprint density at radius 3 is 2.55 bits per heavy atom. The van der Waals surface area contributed by atoms with E-state index >= 15 is 0 Å². The molecule has 1 atom stereocenters. The molecule has 0 radical (unpaired) electrons. The highest BCUT2D eigenvalue weighted by atomic mass is 19.4. The lowest BCUT2D eigenvalue weighted by molar-refractivity contribution is -0.137. The number of carbonyl (C=O) groups is 2. The van der Waals surface area contributed by atoms with Gasteiger partial charge in [-0.05, 0) is 49.4 Å².